The molecule has 0 saturated carbocycles. The molecule has 0 amide bonds. The SMILES string of the molecule is C=CCCCCCC(NC)c1ccc(F)c(C(F)(F)F)c1. The number of halogens is 4. The normalized spacial score (nSPS) is 13.2. The average Bonchev–Trinajstić information content (AvgIpc) is 2.42. The molecule has 0 spiro atoms. The van der Waals surface area contributed by atoms with Gasteiger partial charge in [-0.3, -0.25) is 0 Å². The van der Waals surface area contributed by atoms with E-state index in [-0.39, 0.29) is 6.04 Å². The number of hydrogen-bond donors (Lipinski definition) is 1. The summed E-state index contributed by atoms with van der Waals surface area (Å²) in [5.74, 6) is -1.23. The maximum absolute atomic E-state index is 13.3. The van der Waals surface area contributed by atoms with Crippen LogP contribution < -0.4 is 5.32 Å². The van der Waals surface area contributed by atoms with E-state index >= 15 is 0 Å². The predicted octanol–water partition coefficient (Wildman–Crippen LogP) is 5.24. The first-order valence-electron chi connectivity index (χ1n) is 7.05. The first-order chi connectivity index (χ1) is 9.90. The second-order valence-corrected chi connectivity index (χ2v) is 5.00. The molecule has 0 heterocycles. The van der Waals surface area contributed by atoms with Gasteiger partial charge in [-0.15, -0.1) is 6.58 Å². The van der Waals surface area contributed by atoms with Crippen molar-refractivity contribution in [2.24, 2.45) is 0 Å². The van der Waals surface area contributed by atoms with E-state index in [0.29, 0.717) is 5.56 Å². The summed E-state index contributed by atoms with van der Waals surface area (Å²) in [4.78, 5) is 0. The molecule has 0 bridgehead atoms. The van der Waals surface area contributed by atoms with Crippen LogP contribution in [0.2, 0.25) is 0 Å². The van der Waals surface area contributed by atoms with Gasteiger partial charge >= 0.3 is 6.18 Å². The Kier molecular flexibility index (Phi) is 6.89. The Bertz CT molecular complexity index is 454. The monoisotopic (exact) mass is 303 g/mol. The molecule has 1 nitrogen and oxygen atoms in total. The quantitative estimate of drug-likeness (QED) is 0.393. The van der Waals surface area contributed by atoms with Gasteiger partial charge < -0.3 is 5.32 Å². The highest BCUT2D eigenvalue weighted by Crippen LogP contribution is 2.33. The Hall–Kier alpha value is -1.36. The molecule has 0 aliphatic rings. The summed E-state index contributed by atoms with van der Waals surface area (Å²) in [5, 5.41) is 3.00. The predicted molar refractivity (Wildman–Crippen MR) is 76.5 cm³/mol. The lowest BCUT2D eigenvalue weighted by Crippen LogP contribution is -2.18. The van der Waals surface area contributed by atoms with Crippen LogP contribution in [0.4, 0.5) is 17.6 Å². The second kappa shape index (κ2) is 8.17. The van der Waals surface area contributed by atoms with E-state index in [0.717, 1.165) is 44.2 Å². The van der Waals surface area contributed by atoms with E-state index in [1.165, 1.54) is 6.07 Å². The van der Waals surface area contributed by atoms with E-state index in [1.807, 2.05) is 6.08 Å². The molecule has 1 aromatic carbocycles. The Morgan fingerprint density at radius 2 is 1.95 bits per heavy atom. The van der Waals surface area contributed by atoms with Gasteiger partial charge in [-0.25, -0.2) is 4.39 Å². The molecule has 21 heavy (non-hydrogen) atoms. The molecule has 0 aromatic heterocycles. The molecule has 0 saturated heterocycles. The van der Waals surface area contributed by atoms with Crippen molar-refractivity contribution < 1.29 is 17.6 Å². The van der Waals surface area contributed by atoms with Crippen LogP contribution in [0.5, 0.6) is 0 Å². The average molecular weight is 303 g/mol. The van der Waals surface area contributed by atoms with Crippen molar-refractivity contribution >= 4 is 0 Å². The number of benzene rings is 1. The number of alkyl halides is 3. The third-order valence-electron chi connectivity index (χ3n) is 3.45. The van der Waals surface area contributed by atoms with Crippen molar-refractivity contribution in [3.63, 3.8) is 0 Å². The van der Waals surface area contributed by atoms with Gasteiger partial charge in [0.1, 0.15) is 5.82 Å². The molecule has 1 atom stereocenters. The van der Waals surface area contributed by atoms with Crippen molar-refractivity contribution in [2.45, 2.75) is 44.3 Å². The fourth-order valence-electron chi connectivity index (χ4n) is 2.27. The number of allylic oxidation sites excluding steroid dienone is 1. The number of rotatable bonds is 8. The van der Waals surface area contributed by atoms with Crippen LogP contribution in [0.25, 0.3) is 0 Å². The Morgan fingerprint density at radius 1 is 1.24 bits per heavy atom. The maximum Gasteiger partial charge on any atom is 0.419 e. The highest BCUT2D eigenvalue weighted by molar-refractivity contribution is 5.29. The van der Waals surface area contributed by atoms with Crippen LogP contribution in [0, 0.1) is 5.82 Å². The van der Waals surface area contributed by atoms with Crippen LogP contribution in [0.3, 0.4) is 0 Å². The molecule has 0 aliphatic heterocycles. The van der Waals surface area contributed by atoms with Gasteiger partial charge in [0.25, 0.3) is 0 Å². The minimum atomic E-state index is -4.66. The van der Waals surface area contributed by atoms with Crippen LogP contribution in [-0.4, -0.2) is 7.05 Å². The van der Waals surface area contributed by atoms with Crippen molar-refractivity contribution in [3.8, 4) is 0 Å². The summed E-state index contributed by atoms with van der Waals surface area (Å²) >= 11 is 0. The van der Waals surface area contributed by atoms with Crippen molar-refractivity contribution in [1.82, 2.24) is 5.32 Å². The van der Waals surface area contributed by atoms with Gasteiger partial charge in [-0.2, -0.15) is 13.2 Å². The molecular weight excluding hydrogens is 282 g/mol. The molecule has 0 aliphatic carbocycles. The number of unbranched alkanes of at least 4 members (excludes halogenated alkanes) is 3. The van der Waals surface area contributed by atoms with Gasteiger partial charge in [0.15, 0.2) is 0 Å². The van der Waals surface area contributed by atoms with Crippen LogP contribution >= 0.6 is 0 Å². The molecule has 1 aromatic rings. The van der Waals surface area contributed by atoms with E-state index in [4.69, 9.17) is 0 Å². The molecule has 0 radical (unpaired) electrons. The van der Waals surface area contributed by atoms with Gasteiger partial charge in [-0.05, 0) is 44.0 Å². The van der Waals surface area contributed by atoms with E-state index in [1.54, 1.807) is 7.05 Å². The molecular formula is C16H21F4N. The van der Waals surface area contributed by atoms with Crippen molar-refractivity contribution in [2.75, 3.05) is 7.05 Å². The summed E-state index contributed by atoms with van der Waals surface area (Å²) in [6, 6.07) is 3.01. The first kappa shape index (κ1) is 17.7. The Morgan fingerprint density at radius 3 is 2.52 bits per heavy atom. The van der Waals surface area contributed by atoms with Crippen LogP contribution in [-0.2, 0) is 6.18 Å². The summed E-state index contributed by atoms with van der Waals surface area (Å²) in [7, 11) is 1.70. The van der Waals surface area contributed by atoms with Crippen LogP contribution in [0.15, 0.2) is 30.9 Å². The molecule has 1 unspecified atom stereocenters. The van der Waals surface area contributed by atoms with Gasteiger partial charge in [0, 0.05) is 6.04 Å². The van der Waals surface area contributed by atoms with Gasteiger partial charge in [-0.1, -0.05) is 25.0 Å². The minimum Gasteiger partial charge on any atom is -0.313 e. The molecule has 118 valence electrons. The van der Waals surface area contributed by atoms with Crippen molar-refractivity contribution in [3.05, 3.63) is 47.8 Å². The topological polar surface area (TPSA) is 12.0 Å². The smallest absolute Gasteiger partial charge is 0.313 e. The minimum absolute atomic E-state index is 0.199. The lowest BCUT2D eigenvalue weighted by Gasteiger charge is -2.18. The zero-order chi connectivity index (χ0) is 15.9. The van der Waals surface area contributed by atoms with E-state index in [9.17, 15) is 17.6 Å². The highest BCUT2D eigenvalue weighted by atomic mass is 19.4. The Labute approximate surface area is 123 Å². The van der Waals surface area contributed by atoms with Gasteiger partial charge in [0.05, 0.1) is 5.56 Å². The Balaban J connectivity index is 2.74. The highest BCUT2D eigenvalue weighted by Gasteiger charge is 2.34. The van der Waals surface area contributed by atoms with Crippen molar-refractivity contribution in [1.29, 1.82) is 0 Å². The molecule has 1 rings (SSSR count). The number of hydrogen-bond acceptors (Lipinski definition) is 1. The largest absolute Gasteiger partial charge is 0.419 e. The third-order valence-corrected chi connectivity index (χ3v) is 3.45. The lowest BCUT2D eigenvalue weighted by molar-refractivity contribution is -0.140. The summed E-state index contributed by atoms with van der Waals surface area (Å²) < 4.78 is 51.4. The summed E-state index contributed by atoms with van der Waals surface area (Å²) in [5.41, 5.74) is -0.734. The van der Waals surface area contributed by atoms with E-state index in [2.05, 4.69) is 11.9 Å². The third kappa shape index (κ3) is 5.50. The zero-order valence-electron chi connectivity index (χ0n) is 12.1. The zero-order valence-corrected chi connectivity index (χ0v) is 12.1. The standard InChI is InChI=1S/C16H21F4N/c1-3-4-5-6-7-8-15(21-2)12-9-10-14(17)13(11-12)16(18,19)20/h3,9-11,15,21H,1,4-8H2,2H3. The second-order valence-electron chi connectivity index (χ2n) is 5.00. The van der Waals surface area contributed by atoms with Crippen LogP contribution in [0.1, 0.15) is 49.3 Å². The maximum atomic E-state index is 13.3. The molecule has 5 heteroatoms. The molecule has 1 N–H and O–H groups in total. The van der Waals surface area contributed by atoms with E-state index < -0.39 is 17.6 Å². The lowest BCUT2D eigenvalue weighted by atomic mass is 9.98. The summed E-state index contributed by atoms with van der Waals surface area (Å²) in [6.45, 7) is 3.64. The van der Waals surface area contributed by atoms with Gasteiger partial charge in [0.2, 0.25) is 0 Å². The fraction of sp³-hybridized carbons (Fsp3) is 0.500. The fourth-order valence-corrected chi connectivity index (χ4v) is 2.27. The first-order valence-corrected chi connectivity index (χ1v) is 7.05. The number of nitrogens with one attached hydrogen (secondary N) is 1. The molecule has 0 fully saturated rings. The summed E-state index contributed by atoms with van der Waals surface area (Å²) in [6.07, 6.45) is 1.77.